The number of ether oxygens (including phenoxy) is 3. The van der Waals surface area contributed by atoms with Crippen LogP contribution in [-0.2, 0) is 0 Å². The van der Waals surface area contributed by atoms with Gasteiger partial charge in [-0.3, -0.25) is 14.9 Å². The van der Waals surface area contributed by atoms with Gasteiger partial charge in [-0.15, -0.1) is 0 Å². The van der Waals surface area contributed by atoms with E-state index in [0.717, 1.165) is 0 Å². The largest absolute Gasteiger partial charge is 0.493 e. The number of rotatable bonds is 6. The molecular formula is C21H22FN3O4. The van der Waals surface area contributed by atoms with Crippen molar-refractivity contribution in [3.05, 3.63) is 63.8 Å². The van der Waals surface area contributed by atoms with Gasteiger partial charge < -0.3 is 14.2 Å². The van der Waals surface area contributed by atoms with Crippen LogP contribution in [0.2, 0.25) is 0 Å². The highest BCUT2D eigenvalue weighted by molar-refractivity contribution is 6.01. The summed E-state index contributed by atoms with van der Waals surface area (Å²) in [6, 6.07) is 9.06. The number of hydrogen-bond donors (Lipinski definition) is 1. The summed E-state index contributed by atoms with van der Waals surface area (Å²) in [6.45, 7) is 3.53. The fourth-order valence-corrected chi connectivity index (χ4v) is 3.13. The van der Waals surface area contributed by atoms with Gasteiger partial charge in [-0.05, 0) is 38.1 Å². The minimum Gasteiger partial charge on any atom is -0.493 e. The molecule has 0 saturated carbocycles. The van der Waals surface area contributed by atoms with E-state index in [1.807, 2.05) is 0 Å². The van der Waals surface area contributed by atoms with Gasteiger partial charge in [0, 0.05) is 17.8 Å². The number of aliphatic imine (C=N–C) groups is 1. The van der Waals surface area contributed by atoms with E-state index in [4.69, 9.17) is 14.2 Å². The number of H-pyrrole nitrogens is 1. The SMILES string of the molecule is COc1cc(N=C(C)c2c(C)[nH]n(-c3ccc(F)cc3)c2=O)cc(OC)c1OC. The van der Waals surface area contributed by atoms with E-state index in [9.17, 15) is 9.18 Å². The summed E-state index contributed by atoms with van der Waals surface area (Å²) < 4.78 is 30.6. The molecule has 0 aliphatic rings. The standard InChI is InChI=1S/C21H22FN3O4/c1-12(23-15-10-17(27-3)20(29-5)18(11-15)28-4)19-13(2)24-25(21(19)26)16-8-6-14(22)7-9-16/h6-11,24H,1-5H3. The molecule has 0 aliphatic heterocycles. The van der Waals surface area contributed by atoms with Gasteiger partial charge in [-0.25, -0.2) is 9.07 Å². The van der Waals surface area contributed by atoms with Crippen LogP contribution < -0.4 is 19.8 Å². The molecule has 7 nitrogen and oxygen atoms in total. The van der Waals surface area contributed by atoms with Crippen molar-refractivity contribution in [2.24, 2.45) is 4.99 Å². The number of aryl methyl sites for hydroxylation is 1. The van der Waals surface area contributed by atoms with E-state index in [0.29, 0.717) is 45.6 Å². The predicted octanol–water partition coefficient (Wildman–Crippen LogP) is 3.78. The molecule has 0 unspecified atom stereocenters. The van der Waals surface area contributed by atoms with Crippen LogP contribution in [0.1, 0.15) is 18.2 Å². The van der Waals surface area contributed by atoms with Gasteiger partial charge in [0.2, 0.25) is 5.75 Å². The van der Waals surface area contributed by atoms with Gasteiger partial charge in [0.25, 0.3) is 5.56 Å². The van der Waals surface area contributed by atoms with Crippen molar-refractivity contribution in [3.63, 3.8) is 0 Å². The molecule has 3 rings (SSSR count). The lowest BCUT2D eigenvalue weighted by Crippen LogP contribution is -2.19. The average molecular weight is 399 g/mol. The Bertz CT molecular complexity index is 1090. The monoisotopic (exact) mass is 399 g/mol. The Labute approximate surface area is 167 Å². The van der Waals surface area contributed by atoms with Gasteiger partial charge in [0.15, 0.2) is 11.5 Å². The number of hydrogen-bond acceptors (Lipinski definition) is 5. The highest BCUT2D eigenvalue weighted by Crippen LogP contribution is 2.41. The summed E-state index contributed by atoms with van der Waals surface area (Å²) in [5, 5.41) is 3.01. The van der Waals surface area contributed by atoms with Crippen molar-refractivity contribution < 1.29 is 18.6 Å². The first-order valence-electron chi connectivity index (χ1n) is 8.82. The number of nitrogens with zero attached hydrogens (tertiary/aromatic N) is 2. The molecule has 0 atom stereocenters. The lowest BCUT2D eigenvalue weighted by Gasteiger charge is -2.12. The molecule has 3 aromatic rings. The number of methoxy groups -OCH3 is 3. The van der Waals surface area contributed by atoms with Crippen molar-refractivity contribution in [3.8, 4) is 22.9 Å². The number of nitrogens with one attached hydrogen (secondary N) is 1. The summed E-state index contributed by atoms with van der Waals surface area (Å²) in [4.78, 5) is 17.5. The Hall–Kier alpha value is -3.55. The molecule has 0 aliphatic carbocycles. The molecular weight excluding hydrogens is 377 g/mol. The third kappa shape index (κ3) is 3.87. The van der Waals surface area contributed by atoms with Crippen LogP contribution in [-0.4, -0.2) is 36.8 Å². The summed E-state index contributed by atoms with van der Waals surface area (Å²) in [5.74, 6) is 1.02. The molecule has 0 bridgehead atoms. The molecule has 0 fully saturated rings. The molecule has 0 amide bonds. The summed E-state index contributed by atoms with van der Waals surface area (Å²) in [5.41, 5.74) is 2.40. The van der Waals surface area contributed by atoms with Crippen molar-refractivity contribution >= 4 is 11.4 Å². The summed E-state index contributed by atoms with van der Waals surface area (Å²) in [6.07, 6.45) is 0. The second-order valence-electron chi connectivity index (χ2n) is 6.31. The smallest absolute Gasteiger partial charge is 0.280 e. The third-order valence-electron chi connectivity index (χ3n) is 4.46. The Kier molecular flexibility index (Phi) is 5.72. The van der Waals surface area contributed by atoms with Crippen LogP contribution in [0, 0.1) is 12.7 Å². The average Bonchev–Trinajstić information content (AvgIpc) is 3.01. The van der Waals surface area contributed by atoms with Gasteiger partial charge in [0.1, 0.15) is 5.82 Å². The molecule has 1 N–H and O–H groups in total. The van der Waals surface area contributed by atoms with Crippen LogP contribution in [0.4, 0.5) is 10.1 Å². The first-order chi connectivity index (χ1) is 13.9. The number of aromatic amines is 1. The zero-order chi connectivity index (χ0) is 21.1. The van der Waals surface area contributed by atoms with Crippen molar-refractivity contribution in [1.82, 2.24) is 9.78 Å². The molecule has 29 heavy (non-hydrogen) atoms. The molecule has 0 spiro atoms. The van der Waals surface area contributed by atoms with Gasteiger partial charge in [-0.1, -0.05) is 0 Å². The first kappa shape index (κ1) is 20.2. The summed E-state index contributed by atoms with van der Waals surface area (Å²) >= 11 is 0. The molecule has 1 heterocycles. The fourth-order valence-electron chi connectivity index (χ4n) is 3.13. The van der Waals surface area contributed by atoms with E-state index in [-0.39, 0.29) is 11.4 Å². The van der Waals surface area contributed by atoms with Crippen molar-refractivity contribution in [2.45, 2.75) is 13.8 Å². The lowest BCUT2D eigenvalue weighted by atomic mass is 10.1. The van der Waals surface area contributed by atoms with Crippen LogP contribution in [0.25, 0.3) is 5.69 Å². The number of halogens is 1. The quantitative estimate of drug-likeness (QED) is 0.640. The Balaban J connectivity index is 2.07. The fraction of sp³-hybridized carbons (Fsp3) is 0.238. The van der Waals surface area contributed by atoms with E-state index in [2.05, 4.69) is 10.1 Å². The normalized spacial score (nSPS) is 11.4. The Morgan fingerprint density at radius 2 is 1.62 bits per heavy atom. The molecule has 152 valence electrons. The van der Waals surface area contributed by atoms with Crippen LogP contribution >= 0.6 is 0 Å². The maximum Gasteiger partial charge on any atom is 0.280 e. The minimum atomic E-state index is -0.370. The molecule has 2 aromatic carbocycles. The summed E-state index contributed by atoms with van der Waals surface area (Å²) in [7, 11) is 4.57. The van der Waals surface area contributed by atoms with E-state index in [1.54, 1.807) is 26.0 Å². The molecule has 0 radical (unpaired) electrons. The predicted molar refractivity (Wildman–Crippen MR) is 109 cm³/mol. The third-order valence-corrected chi connectivity index (χ3v) is 4.46. The topological polar surface area (TPSA) is 77.8 Å². The number of benzene rings is 2. The van der Waals surface area contributed by atoms with Gasteiger partial charge >= 0.3 is 0 Å². The van der Waals surface area contributed by atoms with Gasteiger partial charge in [-0.2, -0.15) is 0 Å². The second kappa shape index (κ2) is 8.22. The Morgan fingerprint density at radius 1 is 1.03 bits per heavy atom. The van der Waals surface area contributed by atoms with E-state index >= 15 is 0 Å². The molecule has 8 heteroatoms. The van der Waals surface area contributed by atoms with Crippen LogP contribution in [0.3, 0.4) is 0 Å². The van der Waals surface area contributed by atoms with Crippen LogP contribution in [0.15, 0.2) is 46.2 Å². The van der Waals surface area contributed by atoms with Crippen molar-refractivity contribution in [2.75, 3.05) is 21.3 Å². The first-order valence-corrected chi connectivity index (χ1v) is 8.82. The second-order valence-corrected chi connectivity index (χ2v) is 6.31. The molecule has 0 saturated heterocycles. The minimum absolute atomic E-state index is 0.275. The zero-order valence-electron chi connectivity index (χ0n) is 16.9. The maximum atomic E-state index is 13.2. The Morgan fingerprint density at radius 3 is 2.14 bits per heavy atom. The highest BCUT2D eigenvalue weighted by Gasteiger charge is 2.17. The van der Waals surface area contributed by atoms with Crippen molar-refractivity contribution in [1.29, 1.82) is 0 Å². The van der Waals surface area contributed by atoms with E-state index < -0.39 is 0 Å². The lowest BCUT2D eigenvalue weighted by molar-refractivity contribution is 0.324. The molecule has 1 aromatic heterocycles. The highest BCUT2D eigenvalue weighted by atomic mass is 19.1. The maximum absolute atomic E-state index is 13.2. The van der Waals surface area contributed by atoms with Gasteiger partial charge in [0.05, 0.1) is 44.0 Å². The number of aromatic nitrogens is 2. The van der Waals surface area contributed by atoms with Crippen LogP contribution in [0.5, 0.6) is 17.2 Å². The zero-order valence-corrected chi connectivity index (χ0v) is 16.9. The van der Waals surface area contributed by atoms with E-state index in [1.165, 1.54) is 50.3 Å².